The molecule has 132 valence electrons. The lowest BCUT2D eigenvalue weighted by molar-refractivity contribution is -0.156. The minimum Gasteiger partial charge on any atom is -0.343 e. The van der Waals surface area contributed by atoms with Crippen molar-refractivity contribution in [2.75, 3.05) is 6.61 Å². The standard InChI is InChI=1S/C20H18N2O3S/c23-17-10-16(18-12-24-19(17)25-18)22-15-9-5-4-8-14(15)21(20(22)26)11-13-6-2-1-3-7-13/h1-9,16,18-19H,10-12H2/t16-,18+,19-/m1/s1. The number of fused-ring (bicyclic) bond motifs is 3. The Labute approximate surface area is 155 Å². The van der Waals surface area contributed by atoms with Crippen LogP contribution in [0.4, 0.5) is 0 Å². The van der Waals surface area contributed by atoms with Crippen LogP contribution in [0.2, 0.25) is 0 Å². The fraction of sp³-hybridized carbons (Fsp3) is 0.300. The van der Waals surface area contributed by atoms with Gasteiger partial charge in [-0.15, -0.1) is 0 Å². The monoisotopic (exact) mass is 366 g/mol. The number of ketones is 1. The SMILES string of the molecule is O=C1C[C@@H](n2c(=S)n(Cc3ccccc3)c3ccccc32)[C@@H]2CO[C@@H]1O2. The first-order chi connectivity index (χ1) is 12.7. The largest absolute Gasteiger partial charge is 0.343 e. The van der Waals surface area contributed by atoms with E-state index >= 15 is 0 Å². The van der Waals surface area contributed by atoms with Crippen molar-refractivity contribution < 1.29 is 14.3 Å². The number of hydrogen-bond donors (Lipinski definition) is 0. The fourth-order valence-corrected chi connectivity index (χ4v) is 4.35. The van der Waals surface area contributed by atoms with Crippen molar-refractivity contribution in [1.29, 1.82) is 0 Å². The summed E-state index contributed by atoms with van der Waals surface area (Å²) in [6, 6.07) is 18.3. The zero-order chi connectivity index (χ0) is 17.7. The fourth-order valence-electron chi connectivity index (χ4n) is 3.95. The molecule has 6 heteroatoms. The van der Waals surface area contributed by atoms with E-state index in [0.29, 0.717) is 24.3 Å². The maximum Gasteiger partial charge on any atom is 0.218 e. The van der Waals surface area contributed by atoms with E-state index in [1.807, 2.05) is 30.3 Å². The Morgan fingerprint density at radius 1 is 1.04 bits per heavy atom. The van der Waals surface area contributed by atoms with Crippen molar-refractivity contribution in [1.82, 2.24) is 9.13 Å². The number of carbonyl (C=O) groups excluding carboxylic acids is 1. The highest BCUT2D eigenvalue weighted by atomic mass is 32.1. The first kappa shape index (κ1) is 15.9. The highest BCUT2D eigenvalue weighted by Crippen LogP contribution is 2.36. The van der Waals surface area contributed by atoms with Crippen LogP contribution in [0.1, 0.15) is 18.0 Å². The molecule has 3 heterocycles. The summed E-state index contributed by atoms with van der Waals surface area (Å²) in [5.74, 6) is -0.00876. The molecule has 2 fully saturated rings. The van der Waals surface area contributed by atoms with Crippen LogP contribution in [-0.2, 0) is 20.8 Å². The van der Waals surface area contributed by atoms with Gasteiger partial charge in [0.05, 0.1) is 30.2 Å². The number of nitrogens with zero attached hydrogens (tertiary/aromatic N) is 2. The van der Waals surface area contributed by atoms with Crippen molar-refractivity contribution in [3.05, 3.63) is 64.9 Å². The van der Waals surface area contributed by atoms with E-state index in [1.54, 1.807) is 0 Å². The maximum absolute atomic E-state index is 12.3. The van der Waals surface area contributed by atoms with Gasteiger partial charge in [-0.1, -0.05) is 42.5 Å². The van der Waals surface area contributed by atoms with Gasteiger partial charge in [0.2, 0.25) is 6.29 Å². The second-order valence-corrected chi connectivity index (χ2v) is 7.16. The Morgan fingerprint density at radius 3 is 2.58 bits per heavy atom. The number of Topliss-reactive ketones (excluding diaryl/α,β-unsaturated/α-hetero) is 1. The summed E-state index contributed by atoms with van der Waals surface area (Å²) in [4.78, 5) is 12.3. The molecular formula is C20H18N2O3S. The molecule has 2 saturated heterocycles. The van der Waals surface area contributed by atoms with E-state index in [4.69, 9.17) is 21.7 Å². The van der Waals surface area contributed by atoms with E-state index in [2.05, 4.69) is 33.4 Å². The molecule has 0 N–H and O–H groups in total. The third-order valence-electron chi connectivity index (χ3n) is 5.20. The molecule has 0 unspecified atom stereocenters. The van der Waals surface area contributed by atoms with Crippen LogP contribution in [0.15, 0.2) is 54.6 Å². The van der Waals surface area contributed by atoms with Gasteiger partial charge >= 0.3 is 0 Å². The van der Waals surface area contributed by atoms with Gasteiger partial charge in [0.15, 0.2) is 10.6 Å². The molecule has 26 heavy (non-hydrogen) atoms. The molecule has 3 atom stereocenters. The molecule has 3 aromatic rings. The van der Waals surface area contributed by atoms with Crippen LogP contribution < -0.4 is 0 Å². The molecule has 2 aromatic carbocycles. The predicted molar refractivity (Wildman–Crippen MR) is 99.6 cm³/mol. The highest BCUT2D eigenvalue weighted by molar-refractivity contribution is 7.71. The Kier molecular flexibility index (Phi) is 3.77. The van der Waals surface area contributed by atoms with E-state index in [9.17, 15) is 4.79 Å². The third-order valence-corrected chi connectivity index (χ3v) is 5.61. The summed E-state index contributed by atoms with van der Waals surface area (Å²) in [5, 5.41) is 0. The average molecular weight is 366 g/mol. The van der Waals surface area contributed by atoms with Crippen molar-refractivity contribution in [2.24, 2.45) is 0 Å². The van der Waals surface area contributed by atoms with Crippen LogP contribution in [0.5, 0.6) is 0 Å². The lowest BCUT2D eigenvalue weighted by Gasteiger charge is -2.28. The van der Waals surface area contributed by atoms with E-state index in [0.717, 1.165) is 11.0 Å². The van der Waals surface area contributed by atoms with Gasteiger partial charge in [-0.2, -0.15) is 0 Å². The van der Waals surface area contributed by atoms with Crippen molar-refractivity contribution >= 4 is 29.0 Å². The molecule has 2 aliphatic heterocycles. The zero-order valence-corrected chi connectivity index (χ0v) is 14.9. The number of hydrogen-bond acceptors (Lipinski definition) is 4. The van der Waals surface area contributed by atoms with Gasteiger partial charge in [-0.3, -0.25) is 4.79 Å². The smallest absolute Gasteiger partial charge is 0.218 e. The summed E-state index contributed by atoms with van der Waals surface area (Å²) in [6.07, 6.45) is -0.438. The molecule has 0 amide bonds. The first-order valence-corrected chi connectivity index (χ1v) is 9.16. The van der Waals surface area contributed by atoms with Crippen molar-refractivity contribution in [3.8, 4) is 0 Å². The molecule has 0 aliphatic carbocycles. The summed E-state index contributed by atoms with van der Waals surface area (Å²) < 4.78 is 16.2. The number of rotatable bonds is 3. The third kappa shape index (κ3) is 2.45. The summed E-state index contributed by atoms with van der Waals surface area (Å²) >= 11 is 5.84. The molecule has 0 spiro atoms. The minimum absolute atomic E-state index is 0.00876. The number of imidazole rings is 1. The lowest BCUT2D eigenvalue weighted by atomic mass is 10.0. The first-order valence-electron chi connectivity index (χ1n) is 8.76. The summed E-state index contributed by atoms with van der Waals surface area (Å²) in [5.41, 5.74) is 3.28. The Balaban J connectivity index is 1.65. The van der Waals surface area contributed by atoms with Gasteiger partial charge < -0.3 is 18.6 Å². The number of benzene rings is 2. The normalized spacial score (nSPS) is 25.1. The Morgan fingerprint density at radius 2 is 1.77 bits per heavy atom. The molecule has 5 rings (SSSR count). The van der Waals surface area contributed by atoms with Gasteiger partial charge in [0.25, 0.3) is 0 Å². The number of ether oxygens (including phenoxy) is 2. The van der Waals surface area contributed by atoms with Gasteiger partial charge in [0, 0.05) is 6.42 Å². The van der Waals surface area contributed by atoms with Crippen LogP contribution in [-0.4, -0.2) is 33.9 Å². The van der Waals surface area contributed by atoms with E-state index in [1.165, 1.54) is 5.56 Å². The second kappa shape index (κ2) is 6.16. The minimum atomic E-state index is -0.692. The van der Waals surface area contributed by atoms with Crippen LogP contribution in [0.25, 0.3) is 11.0 Å². The van der Waals surface area contributed by atoms with Crippen LogP contribution >= 0.6 is 12.2 Å². The maximum atomic E-state index is 12.3. The van der Waals surface area contributed by atoms with Crippen molar-refractivity contribution in [3.63, 3.8) is 0 Å². The predicted octanol–water partition coefficient (Wildman–Crippen LogP) is 3.48. The summed E-state index contributed by atoms with van der Waals surface area (Å²) in [6.45, 7) is 1.12. The zero-order valence-electron chi connectivity index (χ0n) is 14.1. The Hall–Kier alpha value is -2.28. The number of carbonyl (C=O) groups is 1. The second-order valence-electron chi connectivity index (χ2n) is 6.79. The van der Waals surface area contributed by atoms with Crippen LogP contribution in [0.3, 0.4) is 0 Å². The lowest BCUT2D eigenvalue weighted by Crippen LogP contribution is -2.37. The number of aromatic nitrogens is 2. The number of para-hydroxylation sites is 2. The van der Waals surface area contributed by atoms with E-state index in [-0.39, 0.29) is 17.9 Å². The van der Waals surface area contributed by atoms with Crippen LogP contribution in [0, 0.1) is 4.77 Å². The topological polar surface area (TPSA) is 45.4 Å². The van der Waals surface area contributed by atoms with Gasteiger partial charge in [0.1, 0.15) is 6.10 Å². The molecule has 0 saturated carbocycles. The Bertz CT molecular complexity index is 1040. The molecule has 0 radical (unpaired) electrons. The molecule has 2 bridgehead atoms. The van der Waals surface area contributed by atoms with Crippen molar-refractivity contribution in [2.45, 2.75) is 31.4 Å². The molecule has 5 nitrogen and oxygen atoms in total. The summed E-state index contributed by atoms with van der Waals surface area (Å²) in [7, 11) is 0. The average Bonchev–Trinajstić information content (AvgIpc) is 3.21. The molecule has 2 aliphatic rings. The van der Waals surface area contributed by atoms with E-state index < -0.39 is 6.29 Å². The molecule has 1 aromatic heterocycles. The van der Waals surface area contributed by atoms with Gasteiger partial charge in [-0.05, 0) is 29.9 Å². The van der Waals surface area contributed by atoms with Gasteiger partial charge in [-0.25, -0.2) is 0 Å². The molecular weight excluding hydrogens is 348 g/mol. The quantitative estimate of drug-likeness (QED) is 0.666. The highest BCUT2D eigenvalue weighted by Gasteiger charge is 2.44.